The Morgan fingerprint density at radius 3 is 2.56 bits per heavy atom. The maximum Gasteiger partial charge on any atom is 0.207 e. The molecule has 4 nitrogen and oxygen atoms in total. The summed E-state index contributed by atoms with van der Waals surface area (Å²) in [7, 11) is 0. The monoisotopic (exact) mass is 248 g/mol. The number of rotatable bonds is 1. The fraction of sp³-hybridized carbons (Fsp3) is 0. The second kappa shape index (κ2) is 3.77. The molecular weight excluding hydrogens is 244 g/mol. The Kier molecular flexibility index (Phi) is 2.27. The van der Waals surface area contributed by atoms with Gasteiger partial charge >= 0.3 is 0 Å². The zero-order chi connectivity index (χ0) is 11.0. The summed E-state index contributed by atoms with van der Waals surface area (Å²) in [5, 5.41) is 8.54. The van der Waals surface area contributed by atoms with Crippen LogP contribution in [0, 0.1) is 0 Å². The third-order valence-corrected chi connectivity index (χ3v) is 3.18. The first kappa shape index (κ1) is 9.62. The summed E-state index contributed by atoms with van der Waals surface area (Å²) in [5.41, 5.74) is 2.66. The van der Waals surface area contributed by atoms with Crippen LogP contribution in [0.5, 0.6) is 0 Å². The van der Waals surface area contributed by atoms with Gasteiger partial charge < -0.3 is 0 Å². The van der Waals surface area contributed by atoms with Gasteiger partial charge in [-0.25, -0.2) is 0 Å². The van der Waals surface area contributed by atoms with Crippen LogP contribution in [0.1, 0.15) is 0 Å². The first-order chi connectivity index (χ1) is 7.83. The molecule has 3 rings (SSSR count). The lowest BCUT2D eigenvalue weighted by Crippen LogP contribution is -1.83. The van der Waals surface area contributed by atoms with Gasteiger partial charge in [-0.3, -0.25) is 9.97 Å². The Balaban J connectivity index is 2.18. The van der Waals surface area contributed by atoms with Crippen LogP contribution in [0.15, 0.2) is 30.6 Å². The van der Waals surface area contributed by atoms with Crippen molar-refractivity contribution in [1.29, 1.82) is 0 Å². The highest BCUT2D eigenvalue weighted by molar-refractivity contribution is 7.18. The quantitative estimate of drug-likeness (QED) is 0.665. The number of halogens is 1. The van der Waals surface area contributed by atoms with Gasteiger partial charge in [0.15, 0.2) is 0 Å². The largest absolute Gasteiger partial charge is 0.253 e. The van der Waals surface area contributed by atoms with Gasteiger partial charge in [-0.2, -0.15) is 0 Å². The van der Waals surface area contributed by atoms with E-state index in [0.29, 0.717) is 4.47 Å². The van der Waals surface area contributed by atoms with Gasteiger partial charge in [0.25, 0.3) is 0 Å². The molecule has 2 aromatic heterocycles. The average Bonchev–Trinajstić information content (AvgIpc) is 2.75. The van der Waals surface area contributed by atoms with E-state index >= 15 is 0 Å². The molecule has 3 aromatic rings. The minimum atomic E-state index is 0.439. The van der Waals surface area contributed by atoms with Gasteiger partial charge in [0, 0.05) is 18.0 Å². The molecule has 0 aliphatic carbocycles. The van der Waals surface area contributed by atoms with E-state index in [1.807, 2.05) is 18.2 Å². The molecule has 0 atom stereocenters. The molecule has 0 fully saturated rings. The van der Waals surface area contributed by atoms with E-state index in [2.05, 4.69) is 20.2 Å². The standard InChI is InChI=1S/C10H5ClN4S/c11-10-15-14-9(16-10)6-1-2-7-8(5-6)13-4-3-12-7/h1-5H. The smallest absolute Gasteiger partial charge is 0.207 e. The molecule has 16 heavy (non-hydrogen) atoms. The van der Waals surface area contributed by atoms with Crippen molar-refractivity contribution in [3.63, 3.8) is 0 Å². The van der Waals surface area contributed by atoms with Crippen LogP contribution in [0.2, 0.25) is 4.47 Å². The molecule has 0 radical (unpaired) electrons. The number of hydrogen-bond acceptors (Lipinski definition) is 5. The summed E-state index contributed by atoms with van der Waals surface area (Å²) in [6.45, 7) is 0. The van der Waals surface area contributed by atoms with Crippen molar-refractivity contribution in [1.82, 2.24) is 20.2 Å². The second-order valence-corrected chi connectivity index (χ2v) is 4.68. The summed E-state index contributed by atoms with van der Waals surface area (Å²) in [6, 6.07) is 5.78. The number of aromatic nitrogens is 4. The van der Waals surface area contributed by atoms with E-state index in [0.717, 1.165) is 21.6 Å². The first-order valence-corrected chi connectivity index (χ1v) is 5.72. The summed E-state index contributed by atoms with van der Waals surface area (Å²) >= 11 is 7.09. The summed E-state index contributed by atoms with van der Waals surface area (Å²) in [5.74, 6) is 0. The average molecular weight is 249 g/mol. The van der Waals surface area contributed by atoms with E-state index in [1.165, 1.54) is 11.3 Å². The Hall–Kier alpha value is -1.59. The zero-order valence-electron chi connectivity index (χ0n) is 7.96. The van der Waals surface area contributed by atoms with Gasteiger partial charge in [0.2, 0.25) is 4.47 Å². The maximum absolute atomic E-state index is 5.75. The fourth-order valence-electron chi connectivity index (χ4n) is 1.42. The molecule has 0 N–H and O–H groups in total. The van der Waals surface area contributed by atoms with Crippen LogP contribution in [0.3, 0.4) is 0 Å². The van der Waals surface area contributed by atoms with Crippen molar-refractivity contribution in [2.45, 2.75) is 0 Å². The Bertz CT molecular complexity index is 652. The highest BCUT2D eigenvalue weighted by Crippen LogP contribution is 2.27. The van der Waals surface area contributed by atoms with Gasteiger partial charge in [0.05, 0.1) is 11.0 Å². The molecule has 0 amide bonds. The third-order valence-electron chi connectivity index (χ3n) is 2.12. The van der Waals surface area contributed by atoms with Gasteiger partial charge in [-0.15, -0.1) is 10.2 Å². The van der Waals surface area contributed by atoms with Crippen LogP contribution in [0.25, 0.3) is 21.6 Å². The van der Waals surface area contributed by atoms with E-state index in [-0.39, 0.29) is 0 Å². The van der Waals surface area contributed by atoms with Crippen molar-refractivity contribution >= 4 is 34.0 Å². The lowest BCUT2D eigenvalue weighted by atomic mass is 10.2. The van der Waals surface area contributed by atoms with Crippen LogP contribution >= 0.6 is 22.9 Å². The predicted molar refractivity (Wildman–Crippen MR) is 63.5 cm³/mol. The molecule has 0 aliphatic heterocycles. The Labute approximate surface area is 100.0 Å². The molecule has 0 aliphatic rings. The lowest BCUT2D eigenvalue weighted by molar-refractivity contribution is 1.10. The third kappa shape index (κ3) is 1.64. The summed E-state index contributed by atoms with van der Waals surface area (Å²) in [4.78, 5) is 8.44. The Morgan fingerprint density at radius 1 is 1.00 bits per heavy atom. The van der Waals surface area contributed by atoms with Crippen LogP contribution in [-0.4, -0.2) is 20.2 Å². The molecule has 0 saturated heterocycles. The molecule has 1 aromatic carbocycles. The molecule has 0 bridgehead atoms. The highest BCUT2D eigenvalue weighted by Gasteiger charge is 2.06. The lowest BCUT2D eigenvalue weighted by Gasteiger charge is -1.97. The summed E-state index contributed by atoms with van der Waals surface area (Å²) in [6.07, 6.45) is 3.34. The SMILES string of the molecule is Clc1nnc(-c2ccc3nccnc3c2)s1. The van der Waals surface area contributed by atoms with Crippen LogP contribution in [-0.2, 0) is 0 Å². The topological polar surface area (TPSA) is 51.6 Å². The predicted octanol–water partition coefficient (Wildman–Crippen LogP) is 2.80. The van der Waals surface area contributed by atoms with Gasteiger partial charge in [0.1, 0.15) is 5.01 Å². The number of nitrogens with zero attached hydrogens (tertiary/aromatic N) is 4. The zero-order valence-corrected chi connectivity index (χ0v) is 9.53. The Morgan fingerprint density at radius 2 is 1.81 bits per heavy atom. The van der Waals surface area contributed by atoms with Crippen molar-refractivity contribution in [2.75, 3.05) is 0 Å². The van der Waals surface area contributed by atoms with E-state index < -0.39 is 0 Å². The van der Waals surface area contributed by atoms with Crippen LogP contribution < -0.4 is 0 Å². The highest BCUT2D eigenvalue weighted by atomic mass is 35.5. The molecule has 78 valence electrons. The van der Waals surface area contributed by atoms with Crippen molar-refractivity contribution in [2.24, 2.45) is 0 Å². The second-order valence-electron chi connectivity index (χ2n) is 3.12. The van der Waals surface area contributed by atoms with Crippen molar-refractivity contribution < 1.29 is 0 Å². The molecular formula is C10H5ClN4S. The normalized spacial score (nSPS) is 10.8. The molecule has 0 spiro atoms. The van der Waals surface area contributed by atoms with Crippen molar-refractivity contribution in [3.05, 3.63) is 35.1 Å². The molecule has 2 heterocycles. The number of hydrogen-bond donors (Lipinski definition) is 0. The fourth-order valence-corrected chi connectivity index (χ4v) is 2.24. The molecule has 0 unspecified atom stereocenters. The minimum absolute atomic E-state index is 0.439. The van der Waals surface area contributed by atoms with E-state index in [1.54, 1.807) is 12.4 Å². The number of benzene rings is 1. The van der Waals surface area contributed by atoms with Crippen molar-refractivity contribution in [3.8, 4) is 10.6 Å². The van der Waals surface area contributed by atoms with E-state index in [9.17, 15) is 0 Å². The number of fused-ring (bicyclic) bond motifs is 1. The molecule has 6 heteroatoms. The van der Waals surface area contributed by atoms with Gasteiger partial charge in [-0.05, 0) is 29.8 Å². The van der Waals surface area contributed by atoms with Crippen LogP contribution in [0.4, 0.5) is 0 Å². The van der Waals surface area contributed by atoms with Gasteiger partial charge in [-0.1, -0.05) is 11.3 Å². The summed E-state index contributed by atoms with van der Waals surface area (Å²) < 4.78 is 0.439. The first-order valence-electron chi connectivity index (χ1n) is 4.53. The minimum Gasteiger partial charge on any atom is -0.253 e. The molecule has 0 saturated carbocycles. The maximum atomic E-state index is 5.75. The van der Waals surface area contributed by atoms with E-state index in [4.69, 9.17) is 11.6 Å².